The second kappa shape index (κ2) is 3.92. The molecular formula is C9H5F3N2. The standard InChI is InChI=1S/C9H5F3N2/c10-9(11,12)7-3-2-6-14-8(7)4-1-5-13/h1-4,6H. The number of alkyl halides is 3. The fourth-order valence-electron chi connectivity index (χ4n) is 0.906. The Morgan fingerprint density at radius 1 is 1.43 bits per heavy atom. The van der Waals surface area contributed by atoms with Crippen LogP contribution in [0.2, 0.25) is 0 Å². The number of rotatable bonds is 1. The SMILES string of the molecule is N#CC=Cc1ncccc1C(F)(F)F. The van der Waals surface area contributed by atoms with Crippen LogP contribution in [-0.2, 0) is 6.18 Å². The van der Waals surface area contributed by atoms with Crippen molar-refractivity contribution in [3.63, 3.8) is 0 Å². The zero-order valence-corrected chi connectivity index (χ0v) is 6.92. The highest BCUT2D eigenvalue weighted by atomic mass is 19.4. The molecule has 0 spiro atoms. The van der Waals surface area contributed by atoms with E-state index in [1.165, 1.54) is 12.3 Å². The van der Waals surface area contributed by atoms with Crippen molar-refractivity contribution >= 4 is 6.08 Å². The fraction of sp³-hybridized carbons (Fsp3) is 0.111. The molecule has 1 rings (SSSR count). The Balaban J connectivity index is 3.18. The largest absolute Gasteiger partial charge is 0.418 e. The van der Waals surface area contributed by atoms with E-state index in [1.807, 2.05) is 0 Å². The summed E-state index contributed by atoms with van der Waals surface area (Å²) in [6, 6.07) is 3.73. The third kappa shape index (κ3) is 2.33. The molecule has 1 aromatic heterocycles. The summed E-state index contributed by atoms with van der Waals surface area (Å²) >= 11 is 0. The molecule has 0 amide bonds. The first-order chi connectivity index (χ1) is 6.55. The summed E-state index contributed by atoms with van der Waals surface area (Å²) in [4.78, 5) is 3.52. The Bertz CT molecular complexity index is 388. The van der Waals surface area contributed by atoms with Gasteiger partial charge in [-0.15, -0.1) is 0 Å². The minimum atomic E-state index is -4.44. The van der Waals surface area contributed by atoms with Crippen molar-refractivity contribution < 1.29 is 13.2 Å². The predicted octanol–water partition coefficient (Wildman–Crippen LogP) is 2.64. The van der Waals surface area contributed by atoms with Gasteiger partial charge < -0.3 is 0 Å². The third-order valence-corrected chi connectivity index (χ3v) is 1.46. The van der Waals surface area contributed by atoms with Gasteiger partial charge in [-0.3, -0.25) is 4.98 Å². The Labute approximate surface area is 78.3 Å². The first-order valence-electron chi connectivity index (χ1n) is 3.64. The minimum Gasteiger partial charge on any atom is -0.256 e. The van der Waals surface area contributed by atoms with E-state index < -0.39 is 11.7 Å². The van der Waals surface area contributed by atoms with Crippen LogP contribution in [-0.4, -0.2) is 4.98 Å². The molecule has 14 heavy (non-hydrogen) atoms. The second-order valence-corrected chi connectivity index (χ2v) is 2.40. The van der Waals surface area contributed by atoms with Gasteiger partial charge in [0.15, 0.2) is 0 Å². The van der Waals surface area contributed by atoms with Crippen LogP contribution in [0.5, 0.6) is 0 Å². The van der Waals surface area contributed by atoms with E-state index in [4.69, 9.17) is 5.26 Å². The highest BCUT2D eigenvalue weighted by molar-refractivity contribution is 5.52. The van der Waals surface area contributed by atoms with Gasteiger partial charge in [0, 0.05) is 12.3 Å². The van der Waals surface area contributed by atoms with Crippen molar-refractivity contribution in [3.8, 4) is 6.07 Å². The predicted molar refractivity (Wildman–Crippen MR) is 43.9 cm³/mol. The normalized spacial score (nSPS) is 11.6. The minimum absolute atomic E-state index is 0.249. The van der Waals surface area contributed by atoms with E-state index >= 15 is 0 Å². The van der Waals surface area contributed by atoms with Crippen LogP contribution in [0.25, 0.3) is 6.08 Å². The van der Waals surface area contributed by atoms with Gasteiger partial charge in [0.2, 0.25) is 0 Å². The molecule has 0 aliphatic carbocycles. The lowest BCUT2D eigenvalue weighted by molar-refractivity contribution is -0.138. The highest BCUT2D eigenvalue weighted by Gasteiger charge is 2.32. The van der Waals surface area contributed by atoms with Crippen LogP contribution in [0.3, 0.4) is 0 Å². The molecule has 2 nitrogen and oxygen atoms in total. The molecule has 0 fully saturated rings. The Morgan fingerprint density at radius 3 is 2.71 bits per heavy atom. The molecule has 0 radical (unpaired) electrons. The smallest absolute Gasteiger partial charge is 0.256 e. The van der Waals surface area contributed by atoms with Gasteiger partial charge >= 0.3 is 6.18 Å². The van der Waals surface area contributed by atoms with Gasteiger partial charge in [-0.2, -0.15) is 18.4 Å². The number of hydrogen-bond donors (Lipinski definition) is 0. The molecule has 0 atom stereocenters. The maximum absolute atomic E-state index is 12.3. The number of allylic oxidation sites excluding steroid dienone is 1. The van der Waals surface area contributed by atoms with Crippen molar-refractivity contribution in [2.75, 3.05) is 0 Å². The Morgan fingerprint density at radius 2 is 2.14 bits per heavy atom. The molecule has 0 saturated carbocycles. The maximum Gasteiger partial charge on any atom is 0.418 e. The van der Waals surface area contributed by atoms with E-state index in [1.54, 1.807) is 6.07 Å². The molecular weight excluding hydrogens is 193 g/mol. The first kappa shape index (κ1) is 10.3. The van der Waals surface area contributed by atoms with Crippen molar-refractivity contribution in [1.82, 2.24) is 4.98 Å². The molecule has 0 aliphatic heterocycles. The number of hydrogen-bond acceptors (Lipinski definition) is 2. The van der Waals surface area contributed by atoms with E-state index in [-0.39, 0.29) is 5.69 Å². The fourth-order valence-corrected chi connectivity index (χ4v) is 0.906. The summed E-state index contributed by atoms with van der Waals surface area (Å²) < 4.78 is 37.0. The average Bonchev–Trinajstić information content (AvgIpc) is 2.14. The van der Waals surface area contributed by atoms with Gasteiger partial charge in [-0.05, 0) is 18.2 Å². The van der Waals surface area contributed by atoms with Crippen LogP contribution in [0.15, 0.2) is 24.4 Å². The molecule has 1 heterocycles. The zero-order valence-electron chi connectivity index (χ0n) is 6.92. The third-order valence-electron chi connectivity index (χ3n) is 1.46. The lowest BCUT2D eigenvalue weighted by atomic mass is 10.2. The van der Waals surface area contributed by atoms with Crippen LogP contribution in [0, 0.1) is 11.3 Å². The lowest BCUT2D eigenvalue weighted by Gasteiger charge is -2.07. The van der Waals surface area contributed by atoms with E-state index in [0.29, 0.717) is 0 Å². The van der Waals surface area contributed by atoms with Crippen molar-refractivity contribution in [1.29, 1.82) is 5.26 Å². The van der Waals surface area contributed by atoms with Crippen LogP contribution in [0.4, 0.5) is 13.2 Å². The topological polar surface area (TPSA) is 36.7 Å². The molecule has 0 aromatic carbocycles. The molecule has 0 saturated heterocycles. The summed E-state index contributed by atoms with van der Waals surface area (Å²) in [6.45, 7) is 0. The number of halogens is 3. The van der Waals surface area contributed by atoms with Gasteiger partial charge in [-0.25, -0.2) is 0 Å². The monoisotopic (exact) mass is 198 g/mol. The van der Waals surface area contributed by atoms with Crippen LogP contribution < -0.4 is 0 Å². The molecule has 0 bridgehead atoms. The molecule has 0 N–H and O–H groups in total. The van der Waals surface area contributed by atoms with Crippen LogP contribution in [0.1, 0.15) is 11.3 Å². The van der Waals surface area contributed by atoms with Gasteiger partial charge in [0.05, 0.1) is 17.3 Å². The number of nitriles is 1. The summed E-state index contributed by atoms with van der Waals surface area (Å²) in [5.74, 6) is 0. The maximum atomic E-state index is 12.3. The first-order valence-corrected chi connectivity index (χ1v) is 3.64. The highest BCUT2D eigenvalue weighted by Crippen LogP contribution is 2.31. The van der Waals surface area contributed by atoms with Crippen LogP contribution >= 0.6 is 0 Å². The summed E-state index contributed by atoms with van der Waals surface area (Å²) in [6.07, 6.45) is -1.21. The summed E-state index contributed by atoms with van der Waals surface area (Å²) in [5.41, 5.74) is -1.09. The quantitative estimate of drug-likeness (QED) is 0.650. The van der Waals surface area contributed by atoms with Crippen molar-refractivity contribution in [3.05, 3.63) is 35.7 Å². The van der Waals surface area contributed by atoms with Gasteiger partial charge in [-0.1, -0.05) is 0 Å². The molecule has 0 aliphatic rings. The number of pyridine rings is 1. The zero-order chi connectivity index (χ0) is 10.6. The molecule has 0 unspecified atom stereocenters. The van der Waals surface area contributed by atoms with E-state index in [9.17, 15) is 13.2 Å². The Hall–Kier alpha value is -1.83. The van der Waals surface area contributed by atoms with Gasteiger partial charge in [0.1, 0.15) is 0 Å². The number of aromatic nitrogens is 1. The molecule has 5 heteroatoms. The summed E-state index contributed by atoms with van der Waals surface area (Å²) in [5, 5.41) is 8.18. The second-order valence-electron chi connectivity index (χ2n) is 2.40. The number of nitrogens with zero attached hydrogens (tertiary/aromatic N) is 2. The molecule has 72 valence electrons. The lowest BCUT2D eigenvalue weighted by Crippen LogP contribution is -2.08. The van der Waals surface area contributed by atoms with Crippen molar-refractivity contribution in [2.24, 2.45) is 0 Å². The van der Waals surface area contributed by atoms with Gasteiger partial charge in [0.25, 0.3) is 0 Å². The average molecular weight is 198 g/mol. The van der Waals surface area contributed by atoms with E-state index in [0.717, 1.165) is 18.2 Å². The van der Waals surface area contributed by atoms with E-state index in [2.05, 4.69) is 4.98 Å². The van der Waals surface area contributed by atoms with Crippen molar-refractivity contribution in [2.45, 2.75) is 6.18 Å². The Kier molecular flexibility index (Phi) is 2.87. The summed E-state index contributed by atoms with van der Waals surface area (Å²) in [7, 11) is 0. The molecule has 1 aromatic rings.